The molecule has 0 bridgehead atoms. The van der Waals surface area contributed by atoms with Gasteiger partial charge in [-0.1, -0.05) is 0 Å². The number of carboxylic acid groups (broad SMARTS) is 1. The van der Waals surface area contributed by atoms with E-state index in [1.807, 2.05) is 0 Å². The molecule has 0 saturated heterocycles. The molecular weight excluding hydrogens is 204 g/mol. The Kier molecular flexibility index (Phi) is 2.67. The van der Waals surface area contributed by atoms with Gasteiger partial charge < -0.3 is 15.8 Å². The largest absolute Gasteiger partial charge is 0.478 e. The smallest absolute Gasteiger partial charge is 0.337 e. The highest BCUT2D eigenvalue weighted by Gasteiger charge is 2.09. The zero-order chi connectivity index (χ0) is 9.42. The number of hydrogen-bond acceptors (Lipinski definition) is 2. The van der Waals surface area contributed by atoms with E-state index in [9.17, 15) is 4.79 Å². The van der Waals surface area contributed by atoms with Gasteiger partial charge in [-0.15, -0.1) is 12.4 Å². The maximum absolute atomic E-state index is 10.7. The van der Waals surface area contributed by atoms with Crippen molar-refractivity contribution in [3.05, 3.63) is 30.0 Å². The Labute approximate surface area is 86.1 Å². The topological polar surface area (TPSA) is 79.1 Å². The third-order valence-electron chi connectivity index (χ3n) is 1.94. The lowest BCUT2D eigenvalue weighted by molar-refractivity contribution is 0.0699. The summed E-state index contributed by atoms with van der Waals surface area (Å²) >= 11 is 0. The highest BCUT2D eigenvalue weighted by molar-refractivity contribution is 6.03. The van der Waals surface area contributed by atoms with Gasteiger partial charge in [-0.2, -0.15) is 0 Å². The molecule has 0 spiro atoms. The number of carboxylic acids is 1. The van der Waals surface area contributed by atoms with Crippen LogP contribution >= 0.6 is 12.4 Å². The van der Waals surface area contributed by atoms with Crippen LogP contribution in [0.4, 0.5) is 5.69 Å². The molecule has 0 aliphatic heterocycles. The number of aromatic amines is 1. The highest BCUT2D eigenvalue weighted by Crippen LogP contribution is 2.20. The van der Waals surface area contributed by atoms with Crippen molar-refractivity contribution in [3.8, 4) is 0 Å². The van der Waals surface area contributed by atoms with Crippen molar-refractivity contribution in [3.63, 3.8) is 0 Å². The quantitative estimate of drug-likeness (QED) is 0.632. The fourth-order valence-electron chi connectivity index (χ4n) is 1.32. The Morgan fingerprint density at radius 3 is 2.79 bits per heavy atom. The Balaban J connectivity index is 0.000000980. The lowest BCUT2D eigenvalue weighted by Gasteiger charge is -1.93. The van der Waals surface area contributed by atoms with E-state index >= 15 is 0 Å². The van der Waals surface area contributed by atoms with E-state index in [0.717, 1.165) is 5.52 Å². The molecule has 0 radical (unpaired) electrons. The number of fused-ring (bicyclic) bond motifs is 1. The van der Waals surface area contributed by atoms with Gasteiger partial charge in [0.25, 0.3) is 0 Å². The summed E-state index contributed by atoms with van der Waals surface area (Å²) < 4.78 is 0. The fourth-order valence-corrected chi connectivity index (χ4v) is 1.32. The van der Waals surface area contributed by atoms with Crippen LogP contribution in [-0.4, -0.2) is 16.1 Å². The van der Waals surface area contributed by atoms with Crippen LogP contribution in [-0.2, 0) is 0 Å². The monoisotopic (exact) mass is 212 g/mol. The van der Waals surface area contributed by atoms with E-state index in [2.05, 4.69) is 4.98 Å². The van der Waals surface area contributed by atoms with Crippen molar-refractivity contribution in [1.82, 2.24) is 4.98 Å². The predicted octanol–water partition coefficient (Wildman–Crippen LogP) is 1.87. The zero-order valence-electron chi connectivity index (χ0n) is 7.15. The number of aromatic nitrogens is 1. The Hall–Kier alpha value is -1.68. The minimum atomic E-state index is -0.934. The molecule has 0 fully saturated rings. The molecule has 5 heteroatoms. The average Bonchev–Trinajstić information content (AvgIpc) is 2.46. The van der Waals surface area contributed by atoms with Crippen molar-refractivity contribution in [2.75, 3.05) is 5.73 Å². The minimum absolute atomic E-state index is 0. The number of nitrogen functional groups attached to an aromatic ring is 1. The van der Waals surface area contributed by atoms with Gasteiger partial charge in [-0.3, -0.25) is 0 Å². The average molecular weight is 213 g/mol. The fraction of sp³-hybridized carbons (Fsp3) is 0. The lowest BCUT2D eigenvalue weighted by Crippen LogP contribution is -1.93. The van der Waals surface area contributed by atoms with Crippen LogP contribution in [0.3, 0.4) is 0 Å². The number of H-pyrrole nitrogens is 1. The molecule has 4 N–H and O–H groups in total. The predicted molar refractivity (Wildman–Crippen MR) is 56.9 cm³/mol. The van der Waals surface area contributed by atoms with Crippen molar-refractivity contribution in [2.24, 2.45) is 0 Å². The molecule has 2 aromatic rings. The Morgan fingerprint density at radius 2 is 2.14 bits per heavy atom. The van der Waals surface area contributed by atoms with E-state index < -0.39 is 5.97 Å². The highest BCUT2D eigenvalue weighted by atomic mass is 35.5. The summed E-state index contributed by atoms with van der Waals surface area (Å²) in [5, 5.41) is 9.47. The van der Waals surface area contributed by atoms with Gasteiger partial charge in [-0.05, 0) is 18.2 Å². The summed E-state index contributed by atoms with van der Waals surface area (Å²) in [5.74, 6) is -0.934. The van der Waals surface area contributed by atoms with Gasteiger partial charge in [0.2, 0.25) is 0 Å². The number of nitrogens with two attached hydrogens (primary N) is 1. The summed E-state index contributed by atoms with van der Waals surface area (Å²) in [6.45, 7) is 0. The van der Waals surface area contributed by atoms with E-state index in [4.69, 9.17) is 10.8 Å². The van der Waals surface area contributed by atoms with Crippen molar-refractivity contribution in [2.45, 2.75) is 0 Å². The Bertz CT molecular complexity index is 479. The van der Waals surface area contributed by atoms with Gasteiger partial charge in [0.05, 0.1) is 5.56 Å². The molecule has 1 aromatic carbocycles. The standard InChI is InChI=1S/C9H8N2O2.ClH/c10-5-1-2-6-7(9(12)13)4-11-8(6)3-5;/h1-4,11H,10H2,(H,12,13);1H. The summed E-state index contributed by atoms with van der Waals surface area (Å²) in [4.78, 5) is 13.6. The molecule has 0 unspecified atom stereocenters. The summed E-state index contributed by atoms with van der Waals surface area (Å²) in [7, 11) is 0. The molecule has 1 aromatic heterocycles. The first-order chi connectivity index (χ1) is 6.18. The van der Waals surface area contributed by atoms with Crippen LogP contribution in [0.25, 0.3) is 10.9 Å². The normalized spacial score (nSPS) is 9.71. The molecule has 0 aliphatic rings. The zero-order valence-corrected chi connectivity index (χ0v) is 7.97. The Morgan fingerprint density at radius 1 is 1.43 bits per heavy atom. The summed E-state index contributed by atoms with van der Waals surface area (Å²) in [6, 6.07) is 5.09. The van der Waals surface area contributed by atoms with Gasteiger partial charge >= 0.3 is 5.97 Å². The second kappa shape index (κ2) is 3.59. The molecular formula is C9H9ClN2O2. The van der Waals surface area contributed by atoms with Crippen LogP contribution < -0.4 is 5.73 Å². The molecule has 4 nitrogen and oxygen atoms in total. The number of rotatable bonds is 1. The minimum Gasteiger partial charge on any atom is -0.478 e. The van der Waals surface area contributed by atoms with E-state index in [-0.39, 0.29) is 18.0 Å². The van der Waals surface area contributed by atoms with Crippen LogP contribution in [0.2, 0.25) is 0 Å². The van der Waals surface area contributed by atoms with Gasteiger partial charge in [-0.25, -0.2) is 4.79 Å². The van der Waals surface area contributed by atoms with E-state index in [1.165, 1.54) is 6.20 Å². The van der Waals surface area contributed by atoms with Crippen molar-refractivity contribution in [1.29, 1.82) is 0 Å². The van der Waals surface area contributed by atoms with E-state index in [0.29, 0.717) is 11.1 Å². The van der Waals surface area contributed by atoms with Crippen molar-refractivity contribution < 1.29 is 9.90 Å². The van der Waals surface area contributed by atoms with Crippen molar-refractivity contribution >= 4 is 35.0 Å². The SMILES string of the molecule is Cl.Nc1ccc2c(C(=O)O)c[nH]c2c1. The van der Waals surface area contributed by atoms with Gasteiger partial charge in [0, 0.05) is 22.8 Å². The molecule has 0 amide bonds. The van der Waals surface area contributed by atoms with Crippen LogP contribution in [0, 0.1) is 0 Å². The van der Waals surface area contributed by atoms with Crippen LogP contribution in [0.15, 0.2) is 24.4 Å². The van der Waals surface area contributed by atoms with Crippen LogP contribution in [0.1, 0.15) is 10.4 Å². The maximum Gasteiger partial charge on any atom is 0.337 e. The number of anilines is 1. The number of hydrogen-bond donors (Lipinski definition) is 3. The summed E-state index contributed by atoms with van der Waals surface area (Å²) in [6.07, 6.45) is 1.46. The molecule has 0 aliphatic carbocycles. The third-order valence-corrected chi connectivity index (χ3v) is 1.94. The number of carbonyl (C=O) groups is 1. The van der Waals surface area contributed by atoms with Gasteiger partial charge in [0.15, 0.2) is 0 Å². The molecule has 0 atom stereocenters. The van der Waals surface area contributed by atoms with E-state index in [1.54, 1.807) is 18.2 Å². The molecule has 1 heterocycles. The first kappa shape index (κ1) is 10.4. The second-order valence-corrected chi connectivity index (χ2v) is 2.81. The van der Waals surface area contributed by atoms with Crippen LogP contribution in [0.5, 0.6) is 0 Å². The number of benzene rings is 1. The molecule has 74 valence electrons. The van der Waals surface area contributed by atoms with Gasteiger partial charge in [0.1, 0.15) is 0 Å². The third kappa shape index (κ3) is 1.52. The molecule has 14 heavy (non-hydrogen) atoms. The molecule has 0 saturated carbocycles. The number of aromatic carboxylic acids is 1. The summed E-state index contributed by atoms with van der Waals surface area (Å²) in [5.41, 5.74) is 7.18. The first-order valence-corrected chi connectivity index (χ1v) is 3.78. The number of halogens is 1. The maximum atomic E-state index is 10.7. The number of nitrogens with one attached hydrogen (secondary N) is 1. The lowest BCUT2D eigenvalue weighted by atomic mass is 10.1. The second-order valence-electron chi connectivity index (χ2n) is 2.81. The molecule has 2 rings (SSSR count). The first-order valence-electron chi connectivity index (χ1n) is 3.78.